The van der Waals surface area contributed by atoms with Crippen molar-refractivity contribution in [3.05, 3.63) is 35.9 Å². The highest BCUT2D eigenvalue weighted by atomic mass is 32.2. The van der Waals surface area contributed by atoms with Crippen LogP contribution in [0.2, 0.25) is 0 Å². The van der Waals surface area contributed by atoms with E-state index in [0.29, 0.717) is 5.56 Å². The van der Waals surface area contributed by atoms with Gasteiger partial charge in [-0.1, -0.05) is 18.2 Å². The van der Waals surface area contributed by atoms with E-state index < -0.39 is 27.7 Å². The summed E-state index contributed by atoms with van der Waals surface area (Å²) in [5.74, 6) is -1.07. The maximum atomic E-state index is 12.1. The summed E-state index contributed by atoms with van der Waals surface area (Å²) in [4.78, 5) is 24.2. The van der Waals surface area contributed by atoms with Crippen molar-refractivity contribution in [3.63, 3.8) is 0 Å². The summed E-state index contributed by atoms with van der Waals surface area (Å²) in [7, 11) is 0.0325. The zero-order valence-electron chi connectivity index (χ0n) is 12.9. The molecule has 0 radical (unpaired) electrons. The van der Waals surface area contributed by atoms with Crippen molar-refractivity contribution < 1.29 is 18.0 Å². The third kappa shape index (κ3) is 6.68. The Hall–Kier alpha value is -1.93. The molecule has 0 saturated carbocycles. The molecule has 2 N–H and O–H groups in total. The molecule has 1 aromatic carbocycles. The molecule has 0 spiro atoms. The molecule has 7 nitrogen and oxygen atoms in total. The second-order valence-corrected chi connectivity index (χ2v) is 7.44. The first-order chi connectivity index (χ1) is 10.2. The summed E-state index contributed by atoms with van der Waals surface area (Å²) >= 11 is 0. The van der Waals surface area contributed by atoms with Gasteiger partial charge >= 0.3 is 0 Å². The van der Waals surface area contributed by atoms with Gasteiger partial charge in [0.15, 0.2) is 0 Å². The molecule has 0 aromatic heterocycles. The van der Waals surface area contributed by atoms with Crippen LogP contribution in [0.1, 0.15) is 16.8 Å². The smallest absolute Gasteiger partial charge is 0.256 e. The summed E-state index contributed by atoms with van der Waals surface area (Å²) in [5.41, 5.74) is 2.93. The van der Waals surface area contributed by atoms with Gasteiger partial charge in [-0.25, -0.2) is 13.4 Å². The summed E-state index contributed by atoms with van der Waals surface area (Å²) in [5, 5.41) is 4.00. The maximum absolute atomic E-state index is 12.1. The fourth-order valence-corrected chi connectivity index (χ4v) is 2.39. The van der Waals surface area contributed by atoms with Crippen molar-refractivity contribution in [2.45, 2.75) is 12.5 Å². The first kappa shape index (κ1) is 18.1. The van der Waals surface area contributed by atoms with Gasteiger partial charge in [0.25, 0.3) is 11.8 Å². The molecule has 22 heavy (non-hydrogen) atoms. The Morgan fingerprint density at radius 1 is 1.18 bits per heavy atom. The molecule has 0 aliphatic heterocycles. The van der Waals surface area contributed by atoms with Crippen LogP contribution in [0.3, 0.4) is 0 Å². The van der Waals surface area contributed by atoms with E-state index in [1.54, 1.807) is 44.4 Å². The van der Waals surface area contributed by atoms with Crippen LogP contribution < -0.4 is 10.7 Å². The molecule has 1 atom stereocenters. The second-order valence-electron chi connectivity index (χ2n) is 5.18. The number of benzene rings is 1. The van der Waals surface area contributed by atoms with Gasteiger partial charge in [0.05, 0.1) is 5.75 Å². The van der Waals surface area contributed by atoms with Crippen molar-refractivity contribution in [3.8, 4) is 0 Å². The lowest BCUT2D eigenvalue weighted by atomic mass is 10.1. The Kier molecular flexibility index (Phi) is 6.51. The summed E-state index contributed by atoms with van der Waals surface area (Å²) in [6.07, 6.45) is 1.10. The first-order valence-electron chi connectivity index (χ1n) is 6.70. The lowest BCUT2D eigenvalue weighted by Crippen LogP contribution is -2.51. The number of amides is 2. The van der Waals surface area contributed by atoms with Crippen LogP contribution >= 0.6 is 0 Å². The van der Waals surface area contributed by atoms with Crippen LogP contribution in [0.4, 0.5) is 0 Å². The molecule has 8 heteroatoms. The molecule has 122 valence electrons. The van der Waals surface area contributed by atoms with Gasteiger partial charge in [-0.15, -0.1) is 0 Å². The Balaban J connectivity index is 2.80. The summed E-state index contributed by atoms with van der Waals surface area (Å²) in [6, 6.07) is 7.50. The average molecular weight is 327 g/mol. The third-order valence-corrected chi connectivity index (χ3v) is 3.75. The number of rotatable bonds is 7. The van der Waals surface area contributed by atoms with Crippen LogP contribution in [0, 0.1) is 0 Å². The van der Waals surface area contributed by atoms with Gasteiger partial charge in [-0.3, -0.25) is 15.0 Å². The number of nitrogens with zero attached hydrogens (tertiary/aromatic N) is 1. The Morgan fingerprint density at radius 3 is 2.27 bits per heavy atom. The van der Waals surface area contributed by atoms with Crippen LogP contribution in [0.5, 0.6) is 0 Å². The van der Waals surface area contributed by atoms with E-state index in [-0.39, 0.29) is 12.2 Å². The molecular formula is C14H21N3O4S. The van der Waals surface area contributed by atoms with Crippen molar-refractivity contribution in [1.82, 2.24) is 15.8 Å². The Morgan fingerprint density at radius 2 is 1.77 bits per heavy atom. The van der Waals surface area contributed by atoms with Crippen molar-refractivity contribution >= 4 is 21.7 Å². The SMILES string of the molecule is CN(C)NC(=O)[C@@H](CCS(C)(=O)=O)NC(=O)c1ccccc1. The van der Waals surface area contributed by atoms with Crippen LogP contribution in [0.15, 0.2) is 30.3 Å². The molecule has 0 aliphatic carbocycles. The predicted molar refractivity (Wildman–Crippen MR) is 83.9 cm³/mol. The zero-order chi connectivity index (χ0) is 16.8. The number of hydrazine groups is 1. The molecule has 1 rings (SSSR count). The molecule has 2 amide bonds. The minimum absolute atomic E-state index is 0.0110. The van der Waals surface area contributed by atoms with Crippen LogP contribution in [-0.2, 0) is 14.6 Å². The highest BCUT2D eigenvalue weighted by Gasteiger charge is 2.23. The lowest BCUT2D eigenvalue weighted by Gasteiger charge is -2.20. The molecule has 0 bridgehead atoms. The molecule has 0 fully saturated rings. The van der Waals surface area contributed by atoms with E-state index in [0.717, 1.165) is 6.26 Å². The van der Waals surface area contributed by atoms with Gasteiger partial charge < -0.3 is 5.32 Å². The van der Waals surface area contributed by atoms with E-state index in [1.807, 2.05) is 0 Å². The van der Waals surface area contributed by atoms with Gasteiger partial charge in [0, 0.05) is 25.9 Å². The number of hydrogen-bond donors (Lipinski definition) is 2. The van der Waals surface area contributed by atoms with Crippen LogP contribution in [0.25, 0.3) is 0 Å². The van der Waals surface area contributed by atoms with Crippen molar-refractivity contribution in [1.29, 1.82) is 0 Å². The fraction of sp³-hybridized carbons (Fsp3) is 0.429. The first-order valence-corrected chi connectivity index (χ1v) is 8.76. The Labute approximate surface area is 130 Å². The summed E-state index contributed by atoms with van der Waals surface area (Å²) < 4.78 is 22.6. The highest BCUT2D eigenvalue weighted by Crippen LogP contribution is 2.02. The maximum Gasteiger partial charge on any atom is 0.256 e. The van der Waals surface area contributed by atoms with Gasteiger partial charge in [0.1, 0.15) is 15.9 Å². The second kappa shape index (κ2) is 7.90. The number of nitrogens with one attached hydrogen (secondary N) is 2. The number of sulfone groups is 1. The molecule has 0 saturated heterocycles. The molecular weight excluding hydrogens is 306 g/mol. The van der Waals surface area contributed by atoms with Gasteiger partial charge in [-0.2, -0.15) is 0 Å². The topological polar surface area (TPSA) is 95.6 Å². The van der Waals surface area contributed by atoms with E-state index in [4.69, 9.17) is 0 Å². The quantitative estimate of drug-likeness (QED) is 0.677. The molecule has 1 aromatic rings. The lowest BCUT2D eigenvalue weighted by molar-refractivity contribution is -0.126. The molecule has 0 aliphatic rings. The highest BCUT2D eigenvalue weighted by molar-refractivity contribution is 7.90. The minimum Gasteiger partial charge on any atom is -0.340 e. The third-order valence-electron chi connectivity index (χ3n) is 2.77. The number of hydrogen-bond acceptors (Lipinski definition) is 5. The molecule has 0 heterocycles. The monoisotopic (exact) mass is 327 g/mol. The normalized spacial score (nSPS) is 12.7. The van der Waals surface area contributed by atoms with Gasteiger partial charge in [-0.05, 0) is 18.6 Å². The van der Waals surface area contributed by atoms with E-state index in [1.165, 1.54) is 5.01 Å². The molecule has 0 unspecified atom stereocenters. The Bertz CT molecular complexity index is 614. The minimum atomic E-state index is -3.23. The zero-order valence-corrected chi connectivity index (χ0v) is 13.7. The predicted octanol–water partition coefficient (Wildman–Crippen LogP) is -0.187. The van der Waals surface area contributed by atoms with Crippen LogP contribution in [-0.4, -0.2) is 57.4 Å². The van der Waals surface area contributed by atoms with Crippen molar-refractivity contribution in [2.75, 3.05) is 26.1 Å². The summed E-state index contributed by atoms with van der Waals surface area (Å²) in [6.45, 7) is 0. The average Bonchev–Trinajstić information content (AvgIpc) is 2.42. The van der Waals surface area contributed by atoms with E-state index in [9.17, 15) is 18.0 Å². The largest absolute Gasteiger partial charge is 0.340 e. The standard InChI is InChI=1S/C14H21N3O4S/c1-17(2)16-14(19)12(9-10-22(3,20)21)15-13(18)11-7-5-4-6-8-11/h4-8,12H,9-10H2,1-3H3,(H,15,18)(H,16,19)/t12-/m1/s1. The van der Waals surface area contributed by atoms with Gasteiger partial charge in [0.2, 0.25) is 0 Å². The fourth-order valence-electron chi connectivity index (χ4n) is 1.73. The van der Waals surface area contributed by atoms with E-state index in [2.05, 4.69) is 10.7 Å². The number of carbonyl (C=O) groups excluding carboxylic acids is 2. The number of carbonyl (C=O) groups is 2. The van der Waals surface area contributed by atoms with E-state index >= 15 is 0 Å². The van der Waals surface area contributed by atoms with Crippen molar-refractivity contribution in [2.24, 2.45) is 0 Å².